The summed E-state index contributed by atoms with van der Waals surface area (Å²) in [5.41, 5.74) is 1.24. The number of rotatable bonds is 5. The highest BCUT2D eigenvalue weighted by Crippen LogP contribution is 2.30. The summed E-state index contributed by atoms with van der Waals surface area (Å²) in [6.07, 6.45) is 5.72. The van der Waals surface area contributed by atoms with Crippen LogP contribution < -0.4 is 5.32 Å². The summed E-state index contributed by atoms with van der Waals surface area (Å²) in [5, 5.41) is 12.4. The van der Waals surface area contributed by atoms with Gasteiger partial charge >= 0.3 is 0 Å². The zero-order valence-corrected chi connectivity index (χ0v) is 13.3. The van der Waals surface area contributed by atoms with Gasteiger partial charge in [-0.25, -0.2) is 0 Å². The average molecular weight is 303 g/mol. The lowest BCUT2D eigenvalue weighted by atomic mass is 10.2. The second-order valence-corrected chi connectivity index (χ2v) is 6.62. The van der Waals surface area contributed by atoms with Crippen LogP contribution in [0.15, 0.2) is 24.3 Å². The molecular formula is C16H21N3OS. The highest BCUT2D eigenvalue weighted by atomic mass is 32.2. The fourth-order valence-electron chi connectivity index (χ4n) is 2.75. The second-order valence-electron chi connectivity index (χ2n) is 5.48. The Balaban J connectivity index is 1.85. The van der Waals surface area contributed by atoms with E-state index < -0.39 is 0 Å². The van der Waals surface area contributed by atoms with Crippen LogP contribution in [0.5, 0.6) is 0 Å². The third-order valence-electron chi connectivity index (χ3n) is 3.98. The van der Waals surface area contributed by atoms with E-state index in [0.29, 0.717) is 23.8 Å². The second kappa shape index (κ2) is 7.48. The molecule has 1 aromatic carbocycles. The van der Waals surface area contributed by atoms with Gasteiger partial charge in [0.2, 0.25) is 5.91 Å². The van der Waals surface area contributed by atoms with Crippen LogP contribution in [0.25, 0.3) is 0 Å². The van der Waals surface area contributed by atoms with Crippen LogP contribution >= 0.6 is 11.8 Å². The van der Waals surface area contributed by atoms with Crippen molar-refractivity contribution in [2.24, 2.45) is 0 Å². The van der Waals surface area contributed by atoms with Gasteiger partial charge in [-0.2, -0.15) is 17.0 Å². The Morgan fingerprint density at radius 1 is 1.52 bits per heavy atom. The molecule has 1 saturated carbocycles. The van der Waals surface area contributed by atoms with Gasteiger partial charge in [0.05, 0.1) is 18.2 Å². The molecule has 0 radical (unpaired) electrons. The molecule has 1 aliphatic rings. The van der Waals surface area contributed by atoms with E-state index in [1.165, 1.54) is 12.8 Å². The average Bonchev–Trinajstić information content (AvgIpc) is 2.96. The number of thioether (sulfide) groups is 1. The summed E-state index contributed by atoms with van der Waals surface area (Å²) in [5.74, 6) is -0.0276. The number of nitriles is 1. The number of nitrogens with one attached hydrogen (secondary N) is 1. The van der Waals surface area contributed by atoms with Crippen LogP contribution in [0, 0.1) is 11.3 Å². The molecular weight excluding hydrogens is 282 g/mol. The molecule has 0 heterocycles. The zero-order chi connectivity index (χ0) is 15.2. The van der Waals surface area contributed by atoms with E-state index in [9.17, 15) is 4.79 Å². The Morgan fingerprint density at radius 3 is 3.00 bits per heavy atom. The molecule has 1 aliphatic carbocycles. The number of amides is 1. The number of nitrogens with zero attached hydrogens (tertiary/aromatic N) is 2. The zero-order valence-electron chi connectivity index (χ0n) is 12.5. The number of benzene rings is 1. The van der Waals surface area contributed by atoms with Crippen molar-refractivity contribution in [1.29, 1.82) is 5.26 Å². The molecule has 2 rings (SSSR count). The number of carbonyl (C=O) groups excluding carboxylic acids is 1. The van der Waals surface area contributed by atoms with E-state index >= 15 is 0 Å². The fraction of sp³-hybridized carbons (Fsp3) is 0.500. The summed E-state index contributed by atoms with van der Waals surface area (Å²) in [6.45, 7) is 0.391. The van der Waals surface area contributed by atoms with Gasteiger partial charge in [-0.15, -0.1) is 0 Å². The van der Waals surface area contributed by atoms with Gasteiger partial charge in [0, 0.05) is 17.0 Å². The molecule has 21 heavy (non-hydrogen) atoms. The molecule has 5 heteroatoms. The third-order valence-corrected chi connectivity index (χ3v) is 5.08. The van der Waals surface area contributed by atoms with Gasteiger partial charge in [0.25, 0.3) is 0 Å². The number of hydrogen-bond acceptors (Lipinski definition) is 4. The molecule has 0 bridgehead atoms. The van der Waals surface area contributed by atoms with E-state index in [2.05, 4.69) is 22.5 Å². The van der Waals surface area contributed by atoms with Gasteiger partial charge < -0.3 is 5.32 Å². The van der Waals surface area contributed by atoms with E-state index in [-0.39, 0.29) is 5.91 Å². The van der Waals surface area contributed by atoms with E-state index in [1.807, 2.05) is 18.8 Å². The summed E-state index contributed by atoms with van der Waals surface area (Å²) >= 11 is 1.92. The SMILES string of the molecule is CSC1CCC(N(C)CC(=O)Nc2cccc(C#N)c2)C1. The molecule has 2 unspecified atom stereocenters. The third kappa shape index (κ3) is 4.48. The summed E-state index contributed by atoms with van der Waals surface area (Å²) in [4.78, 5) is 14.2. The molecule has 4 nitrogen and oxygen atoms in total. The number of carbonyl (C=O) groups is 1. The maximum Gasteiger partial charge on any atom is 0.238 e. The smallest absolute Gasteiger partial charge is 0.238 e. The molecule has 1 fully saturated rings. The molecule has 112 valence electrons. The molecule has 1 N–H and O–H groups in total. The maximum atomic E-state index is 12.1. The van der Waals surface area contributed by atoms with E-state index in [0.717, 1.165) is 11.7 Å². The van der Waals surface area contributed by atoms with Crippen molar-refractivity contribution >= 4 is 23.4 Å². The minimum Gasteiger partial charge on any atom is -0.325 e. The quantitative estimate of drug-likeness (QED) is 0.908. The molecule has 0 spiro atoms. The van der Waals surface area contributed by atoms with Crippen molar-refractivity contribution in [3.05, 3.63) is 29.8 Å². The van der Waals surface area contributed by atoms with Gasteiger partial charge in [-0.3, -0.25) is 9.69 Å². The minimum absolute atomic E-state index is 0.0276. The number of likely N-dealkylation sites (N-methyl/N-ethyl adjacent to an activating group) is 1. The first kappa shape index (κ1) is 15.9. The molecule has 1 amide bonds. The number of hydrogen-bond donors (Lipinski definition) is 1. The van der Waals surface area contributed by atoms with Gasteiger partial charge in [0.1, 0.15) is 0 Å². The minimum atomic E-state index is -0.0276. The predicted molar refractivity (Wildman–Crippen MR) is 87.4 cm³/mol. The lowest BCUT2D eigenvalue weighted by Crippen LogP contribution is -2.36. The van der Waals surface area contributed by atoms with Gasteiger partial charge in [-0.1, -0.05) is 6.07 Å². The van der Waals surface area contributed by atoms with E-state index in [4.69, 9.17) is 5.26 Å². The maximum absolute atomic E-state index is 12.1. The normalized spacial score (nSPS) is 21.2. The van der Waals surface area contributed by atoms with Crippen molar-refractivity contribution in [2.75, 3.05) is 25.2 Å². The summed E-state index contributed by atoms with van der Waals surface area (Å²) in [7, 11) is 2.01. The van der Waals surface area contributed by atoms with Crippen LogP contribution in [0.4, 0.5) is 5.69 Å². The van der Waals surface area contributed by atoms with Crippen LogP contribution in [-0.4, -0.2) is 41.9 Å². The van der Waals surface area contributed by atoms with Gasteiger partial charge in [0.15, 0.2) is 0 Å². The lowest BCUT2D eigenvalue weighted by molar-refractivity contribution is -0.117. The Morgan fingerprint density at radius 2 is 2.33 bits per heavy atom. The number of anilines is 1. The van der Waals surface area contributed by atoms with Crippen LogP contribution in [-0.2, 0) is 4.79 Å². The van der Waals surface area contributed by atoms with Crippen molar-refractivity contribution in [1.82, 2.24) is 4.90 Å². The lowest BCUT2D eigenvalue weighted by Gasteiger charge is -2.23. The van der Waals surface area contributed by atoms with Crippen LogP contribution in [0.2, 0.25) is 0 Å². The molecule has 0 aliphatic heterocycles. The Kier molecular flexibility index (Phi) is 5.66. The first-order valence-corrected chi connectivity index (χ1v) is 8.44. The molecule has 1 aromatic rings. The monoisotopic (exact) mass is 303 g/mol. The van der Waals surface area contributed by atoms with Crippen molar-refractivity contribution in [3.8, 4) is 6.07 Å². The predicted octanol–water partition coefficient (Wildman–Crippen LogP) is 2.71. The standard InChI is InChI=1S/C16H21N3OS/c1-19(14-6-7-15(9-14)21-2)11-16(20)18-13-5-3-4-12(8-13)10-17/h3-5,8,14-15H,6-7,9,11H2,1-2H3,(H,18,20). The van der Waals surface area contributed by atoms with Crippen LogP contribution in [0.1, 0.15) is 24.8 Å². The summed E-state index contributed by atoms with van der Waals surface area (Å²) < 4.78 is 0. The summed E-state index contributed by atoms with van der Waals surface area (Å²) in [6, 6.07) is 9.57. The Hall–Kier alpha value is -1.51. The molecule has 0 aromatic heterocycles. The highest BCUT2D eigenvalue weighted by molar-refractivity contribution is 7.99. The van der Waals surface area contributed by atoms with Crippen molar-refractivity contribution in [2.45, 2.75) is 30.6 Å². The van der Waals surface area contributed by atoms with Crippen molar-refractivity contribution in [3.63, 3.8) is 0 Å². The first-order chi connectivity index (χ1) is 10.1. The topological polar surface area (TPSA) is 56.1 Å². The van der Waals surface area contributed by atoms with Gasteiger partial charge in [-0.05, 0) is 50.8 Å². The fourth-order valence-corrected chi connectivity index (χ4v) is 3.54. The molecule has 2 atom stereocenters. The van der Waals surface area contributed by atoms with Crippen molar-refractivity contribution < 1.29 is 4.79 Å². The van der Waals surface area contributed by atoms with Crippen LogP contribution in [0.3, 0.4) is 0 Å². The first-order valence-electron chi connectivity index (χ1n) is 7.15. The molecule has 0 saturated heterocycles. The van der Waals surface area contributed by atoms with E-state index in [1.54, 1.807) is 24.3 Å². The Bertz CT molecular complexity index is 541. The largest absolute Gasteiger partial charge is 0.325 e. The highest BCUT2D eigenvalue weighted by Gasteiger charge is 2.27. The Labute approximate surface area is 130 Å².